The molecular formula is C19H20N4O4S2. The first-order chi connectivity index (χ1) is 13.9. The van der Waals surface area contributed by atoms with Gasteiger partial charge in [-0.3, -0.25) is 9.36 Å². The zero-order valence-corrected chi connectivity index (χ0v) is 17.4. The average molecular weight is 433 g/mol. The van der Waals surface area contributed by atoms with Crippen LogP contribution in [0.1, 0.15) is 12.2 Å². The Kier molecular flexibility index (Phi) is 5.46. The topological polar surface area (TPSA) is 107 Å². The quantitative estimate of drug-likeness (QED) is 0.595. The zero-order chi connectivity index (χ0) is 20.4. The lowest BCUT2D eigenvalue weighted by Gasteiger charge is -2.12. The van der Waals surface area contributed by atoms with Crippen LogP contribution in [0.15, 0.2) is 52.2 Å². The second-order valence-electron chi connectivity index (χ2n) is 6.82. The lowest BCUT2D eigenvalue weighted by Crippen LogP contribution is -2.36. The lowest BCUT2D eigenvalue weighted by molar-refractivity contribution is -0.119. The molecule has 0 aliphatic carbocycles. The Morgan fingerprint density at radius 1 is 1.28 bits per heavy atom. The van der Waals surface area contributed by atoms with Gasteiger partial charge in [0.1, 0.15) is 5.76 Å². The van der Waals surface area contributed by atoms with Gasteiger partial charge >= 0.3 is 0 Å². The summed E-state index contributed by atoms with van der Waals surface area (Å²) in [5, 5.41) is 12.0. The van der Waals surface area contributed by atoms with E-state index < -0.39 is 9.84 Å². The number of furan rings is 1. The largest absolute Gasteiger partial charge is 0.469 e. The summed E-state index contributed by atoms with van der Waals surface area (Å²) < 4.78 is 30.4. The molecule has 3 aromatic rings. The minimum absolute atomic E-state index is 0.00746. The molecule has 1 unspecified atom stereocenters. The Balaban J connectivity index is 1.54. The molecule has 1 saturated heterocycles. The van der Waals surface area contributed by atoms with E-state index in [0.717, 1.165) is 17.0 Å². The summed E-state index contributed by atoms with van der Waals surface area (Å²) in [6.07, 6.45) is 2.06. The van der Waals surface area contributed by atoms with Crippen molar-refractivity contribution in [3.05, 3.63) is 48.4 Å². The number of carbonyl (C=O) groups excluding carboxylic acids is 1. The monoisotopic (exact) mass is 432 g/mol. The van der Waals surface area contributed by atoms with E-state index in [0.29, 0.717) is 17.4 Å². The minimum Gasteiger partial charge on any atom is -0.469 e. The predicted molar refractivity (Wildman–Crippen MR) is 110 cm³/mol. The number of hydrogen-bond donors (Lipinski definition) is 1. The van der Waals surface area contributed by atoms with E-state index >= 15 is 0 Å². The number of aromatic nitrogens is 3. The van der Waals surface area contributed by atoms with Crippen molar-refractivity contribution in [2.24, 2.45) is 0 Å². The van der Waals surface area contributed by atoms with E-state index in [1.807, 2.05) is 47.9 Å². The molecule has 1 aliphatic heterocycles. The van der Waals surface area contributed by atoms with Gasteiger partial charge in [0.05, 0.1) is 29.1 Å². The number of amides is 1. The van der Waals surface area contributed by atoms with Crippen LogP contribution in [0.2, 0.25) is 0 Å². The van der Waals surface area contributed by atoms with Crippen LogP contribution in [-0.2, 0) is 14.6 Å². The molecule has 152 valence electrons. The number of thioether (sulfide) groups is 1. The van der Waals surface area contributed by atoms with Crippen LogP contribution in [0.4, 0.5) is 0 Å². The van der Waals surface area contributed by atoms with Crippen LogP contribution < -0.4 is 5.32 Å². The van der Waals surface area contributed by atoms with Crippen molar-refractivity contribution in [3.63, 3.8) is 0 Å². The highest BCUT2D eigenvalue weighted by atomic mass is 32.2. The number of sulfone groups is 1. The molecule has 1 aromatic carbocycles. The van der Waals surface area contributed by atoms with Gasteiger partial charge in [-0.15, -0.1) is 10.2 Å². The smallest absolute Gasteiger partial charge is 0.230 e. The first-order valence-electron chi connectivity index (χ1n) is 9.11. The van der Waals surface area contributed by atoms with Crippen LogP contribution >= 0.6 is 11.8 Å². The van der Waals surface area contributed by atoms with Crippen LogP contribution in [0.25, 0.3) is 17.1 Å². The van der Waals surface area contributed by atoms with E-state index in [1.54, 1.807) is 6.26 Å². The molecule has 0 bridgehead atoms. The van der Waals surface area contributed by atoms with Crippen LogP contribution in [0.5, 0.6) is 0 Å². The fourth-order valence-electron chi connectivity index (χ4n) is 3.27. The summed E-state index contributed by atoms with van der Waals surface area (Å²) in [4.78, 5) is 12.3. The molecule has 0 radical (unpaired) electrons. The van der Waals surface area contributed by atoms with E-state index in [9.17, 15) is 13.2 Å². The fourth-order valence-corrected chi connectivity index (χ4v) is 5.71. The number of hydrogen-bond acceptors (Lipinski definition) is 7. The Morgan fingerprint density at radius 3 is 2.72 bits per heavy atom. The van der Waals surface area contributed by atoms with Gasteiger partial charge in [0, 0.05) is 11.7 Å². The fraction of sp³-hybridized carbons (Fsp3) is 0.316. The van der Waals surface area contributed by atoms with Crippen molar-refractivity contribution in [2.75, 3.05) is 17.3 Å². The maximum atomic E-state index is 12.3. The maximum Gasteiger partial charge on any atom is 0.230 e. The first-order valence-corrected chi connectivity index (χ1v) is 11.9. The minimum atomic E-state index is -3.03. The molecule has 8 nitrogen and oxygen atoms in total. The molecule has 2 aromatic heterocycles. The standard InChI is InChI=1S/C19H20N4O4S2/c1-13-16(7-9-27-13)18-21-22-19(23(18)15-5-3-2-4-6-15)28-11-17(24)20-14-8-10-29(25,26)12-14/h2-7,9,14H,8,10-12H2,1H3,(H,20,24). The number of benzene rings is 1. The maximum absolute atomic E-state index is 12.3. The van der Waals surface area contributed by atoms with Crippen LogP contribution in [-0.4, -0.2) is 52.4 Å². The Hall–Kier alpha value is -2.59. The van der Waals surface area contributed by atoms with Crippen molar-refractivity contribution in [3.8, 4) is 17.1 Å². The van der Waals surface area contributed by atoms with Crippen molar-refractivity contribution in [1.29, 1.82) is 0 Å². The van der Waals surface area contributed by atoms with Gasteiger partial charge in [-0.1, -0.05) is 30.0 Å². The number of aryl methyl sites for hydroxylation is 1. The zero-order valence-electron chi connectivity index (χ0n) is 15.7. The lowest BCUT2D eigenvalue weighted by atomic mass is 10.2. The normalized spacial score (nSPS) is 18.0. The summed E-state index contributed by atoms with van der Waals surface area (Å²) in [6.45, 7) is 1.86. The van der Waals surface area contributed by atoms with Crippen molar-refractivity contribution >= 4 is 27.5 Å². The van der Waals surface area contributed by atoms with Crippen LogP contribution in [0.3, 0.4) is 0 Å². The Bertz CT molecular complexity index is 1120. The van der Waals surface area contributed by atoms with Gasteiger partial charge in [-0.2, -0.15) is 0 Å². The van der Waals surface area contributed by atoms with E-state index in [-0.39, 0.29) is 29.2 Å². The first kappa shape index (κ1) is 19.7. The van der Waals surface area contributed by atoms with Gasteiger partial charge in [-0.25, -0.2) is 8.42 Å². The third-order valence-corrected chi connectivity index (χ3v) is 7.37. The molecule has 3 heterocycles. The molecule has 1 atom stereocenters. The number of rotatable bonds is 6. The molecule has 29 heavy (non-hydrogen) atoms. The van der Waals surface area contributed by atoms with E-state index in [2.05, 4.69) is 15.5 Å². The van der Waals surface area contributed by atoms with Crippen molar-refractivity contribution in [1.82, 2.24) is 20.1 Å². The van der Waals surface area contributed by atoms with Gasteiger partial charge in [0.15, 0.2) is 20.8 Å². The van der Waals surface area contributed by atoms with E-state index in [4.69, 9.17) is 4.42 Å². The number of carbonyl (C=O) groups is 1. The SMILES string of the molecule is Cc1occc1-c1nnc(SCC(=O)NC2CCS(=O)(=O)C2)n1-c1ccccc1. The Morgan fingerprint density at radius 2 is 2.07 bits per heavy atom. The highest BCUT2D eigenvalue weighted by Crippen LogP contribution is 2.30. The number of para-hydroxylation sites is 1. The summed E-state index contributed by atoms with van der Waals surface area (Å²) in [6, 6.07) is 11.2. The van der Waals surface area contributed by atoms with E-state index in [1.165, 1.54) is 11.8 Å². The summed E-state index contributed by atoms with van der Waals surface area (Å²) in [5.74, 6) is 1.39. The molecule has 4 rings (SSSR count). The molecule has 0 saturated carbocycles. The summed E-state index contributed by atoms with van der Waals surface area (Å²) >= 11 is 1.25. The molecule has 1 fully saturated rings. The van der Waals surface area contributed by atoms with Gasteiger partial charge in [0.25, 0.3) is 0 Å². The van der Waals surface area contributed by atoms with Gasteiger partial charge in [-0.05, 0) is 31.5 Å². The average Bonchev–Trinajstić information content (AvgIpc) is 3.39. The Labute approximate surface area is 172 Å². The third kappa shape index (κ3) is 4.38. The molecular weight excluding hydrogens is 412 g/mol. The van der Waals surface area contributed by atoms with Crippen molar-refractivity contribution in [2.45, 2.75) is 24.5 Å². The highest BCUT2D eigenvalue weighted by Gasteiger charge is 2.29. The summed E-state index contributed by atoms with van der Waals surface area (Å²) in [5.41, 5.74) is 1.70. The molecule has 10 heteroatoms. The summed E-state index contributed by atoms with van der Waals surface area (Å²) in [7, 11) is -3.03. The molecule has 1 aliphatic rings. The highest BCUT2D eigenvalue weighted by molar-refractivity contribution is 7.99. The van der Waals surface area contributed by atoms with Crippen molar-refractivity contribution < 1.29 is 17.6 Å². The van der Waals surface area contributed by atoms with Crippen LogP contribution in [0, 0.1) is 6.92 Å². The van der Waals surface area contributed by atoms with Gasteiger partial charge < -0.3 is 9.73 Å². The molecule has 1 amide bonds. The third-order valence-electron chi connectivity index (χ3n) is 4.68. The number of nitrogens with one attached hydrogen (secondary N) is 1. The molecule has 1 N–H and O–H groups in total. The molecule has 0 spiro atoms. The second-order valence-corrected chi connectivity index (χ2v) is 9.99. The second kappa shape index (κ2) is 8.03. The van der Waals surface area contributed by atoms with Gasteiger partial charge in [0.2, 0.25) is 5.91 Å². The number of nitrogens with zero attached hydrogens (tertiary/aromatic N) is 3. The predicted octanol–water partition coefficient (Wildman–Crippen LogP) is 2.23.